The first kappa shape index (κ1) is 22.0. The second-order valence-electron chi connectivity index (χ2n) is 8.31. The molecule has 0 aliphatic carbocycles. The number of piperazine rings is 1. The maximum absolute atomic E-state index is 12.5. The zero-order valence-electron chi connectivity index (χ0n) is 18.3. The van der Waals surface area contributed by atoms with Gasteiger partial charge in [-0.1, -0.05) is 42.5 Å². The maximum Gasteiger partial charge on any atom is 0.279 e. The standard InChI is InChI=1S/C24H32N4O2/c1-18-8-7-11-22(19(18)2)26-23(29)17-27-12-14-28(15-13-27)20(3)24(30)25-16-21-9-5-4-6-10-21/h4-11,20H,12-17H2,1-3H3,(H,25,30)(H,26,29)/p+2/t20-/m0/s1. The largest absolute Gasteiger partial charge is 0.347 e. The smallest absolute Gasteiger partial charge is 0.279 e. The average Bonchev–Trinajstić information content (AvgIpc) is 2.76. The van der Waals surface area contributed by atoms with Crippen molar-refractivity contribution in [2.75, 3.05) is 38.0 Å². The van der Waals surface area contributed by atoms with Crippen molar-refractivity contribution in [1.82, 2.24) is 5.32 Å². The number of aryl methyl sites for hydroxylation is 1. The lowest BCUT2D eigenvalue weighted by molar-refractivity contribution is -1.01. The first-order valence-electron chi connectivity index (χ1n) is 10.8. The van der Waals surface area contributed by atoms with Gasteiger partial charge < -0.3 is 20.4 Å². The van der Waals surface area contributed by atoms with Crippen molar-refractivity contribution in [1.29, 1.82) is 0 Å². The van der Waals surface area contributed by atoms with E-state index in [4.69, 9.17) is 0 Å². The molecule has 0 radical (unpaired) electrons. The second-order valence-corrected chi connectivity index (χ2v) is 8.31. The van der Waals surface area contributed by atoms with Crippen LogP contribution in [0.15, 0.2) is 48.5 Å². The highest BCUT2D eigenvalue weighted by atomic mass is 16.2. The quantitative estimate of drug-likeness (QED) is 0.508. The van der Waals surface area contributed by atoms with Crippen LogP contribution in [0.25, 0.3) is 0 Å². The van der Waals surface area contributed by atoms with Crippen molar-refractivity contribution in [3.8, 4) is 0 Å². The number of benzene rings is 2. The molecule has 2 aromatic carbocycles. The van der Waals surface area contributed by atoms with Crippen LogP contribution in [0.2, 0.25) is 0 Å². The Morgan fingerprint density at radius 2 is 1.67 bits per heavy atom. The van der Waals surface area contributed by atoms with Crippen LogP contribution in [0.3, 0.4) is 0 Å². The number of quaternary nitrogens is 2. The van der Waals surface area contributed by atoms with Crippen LogP contribution in [0.4, 0.5) is 5.69 Å². The second kappa shape index (κ2) is 10.4. The highest BCUT2D eigenvalue weighted by molar-refractivity contribution is 5.92. The Balaban J connectivity index is 1.42. The predicted octanol–water partition coefficient (Wildman–Crippen LogP) is -0.270. The predicted molar refractivity (Wildman–Crippen MR) is 119 cm³/mol. The Hall–Kier alpha value is -2.70. The van der Waals surface area contributed by atoms with E-state index < -0.39 is 0 Å². The lowest BCUT2D eigenvalue weighted by Gasteiger charge is -2.32. The minimum atomic E-state index is -0.0842. The minimum absolute atomic E-state index is 0.0517. The maximum atomic E-state index is 12.5. The lowest BCUT2D eigenvalue weighted by Crippen LogP contribution is -3.30. The Labute approximate surface area is 179 Å². The van der Waals surface area contributed by atoms with Crippen LogP contribution >= 0.6 is 0 Å². The van der Waals surface area contributed by atoms with Crippen LogP contribution < -0.4 is 20.4 Å². The highest BCUT2D eigenvalue weighted by Gasteiger charge is 2.31. The van der Waals surface area contributed by atoms with Crippen molar-refractivity contribution >= 4 is 17.5 Å². The van der Waals surface area contributed by atoms with Crippen LogP contribution in [0, 0.1) is 13.8 Å². The van der Waals surface area contributed by atoms with E-state index in [1.54, 1.807) is 0 Å². The Morgan fingerprint density at radius 1 is 0.967 bits per heavy atom. The van der Waals surface area contributed by atoms with E-state index in [0.29, 0.717) is 13.1 Å². The zero-order valence-corrected chi connectivity index (χ0v) is 18.3. The molecule has 0 aromatic heterocycles. The number of carbonyl (C=O) groups is 2. The summed E-state index contributed by atoms with van der Waals surface area (Å²) in [4.78, 5) is 27.6. The molecule has 0 saturated carbocycles. The van der Waals surface area contributed by atoms with Crippen molar-refractivity contribution in [2.45, 2.75) is 33.4 Å². The van der Waals surface area contributed by atoms with Gasteiger partial charge in [-0.05, 0) is 43.5 Å². The van der Waals surface area contributed by atoms with Gasteiger partial charge in [0.2, 0.25) is 0 Å². The van der Waals surface area contributed by atoms with Gasteiger partial charge >= 0.3 is 0 Å². The first-order valence-corrected chi connectivity index (χ1v) is 10.8. The number of anilines is 1. The summed E-state index contributed by atoms with van der Waals surface area (Å²) >= 11 is 0. The molecule has 1 saturated heterocycles. The molecule has 6 heteroatoms. The summed E-state index contributed by atoms with van der Waals surface area (Å²) in [5.41, 5.74) is 4.30. The summed E-state index contributed by atoms with van der Waals surface area (Å²) in [5, 5.41) is 6.10. The summed E-state index contributed by atoms with van der Waals surface area (Å²) in [6.45, 7) is 10.7. The van der Waals surface area contributed by atoms with Crippen LogP contribution in [-0.4, -0.2) is 50.6 Å². The van der Waals surface area contributed by atoms with E-state index in [0.717, 1.165) is 43.0 Å². The molecule has 1 aliphatic heterocycles. The molecule has 30 heavy (non-hydrogen) atoms. The van der Waals surface area contributed by atoms with Crippen LogP contribution in [-0.2, 0) is 16.1 Å². The molecule has 0 bridgehead atoms. The Morgan fingerprint density at radius 3 is 2.37 bits per heavy atom. The SMILES string of the molecule is Cc1cccc(NC(=O)C[NH+]2CC[NH+]([C@@H](C)C(=O)NCc3ccccc3)CC2)c1C. The van der Waals surface area contributed by atoms with E-state index in [9.17, 15) is 9.59 Å². The van der Waals surface area contributed by atoms with E-state index in [2.05, 4.69) is 23.6 Å². The molecule has 2 aromatic rings. The summed E-state index contributed by atoms with van der Waals surface area (Å²) in [6.07, 6.45) is 0. The number of nitrogens with one attached hydrogen (secondary N) is 4. The summed E-state index contributed by atoms with van der Waals surface area (Å²) < 4.78 is 0. The topological polar surface area (TPSA) is 67.1 Å². The van der Waals surface area contributed by atoms with Gasteiger partial charge in [-0.15, -0.1) is 0 Å². The molecule has 0 unspecified atom stereocenters. The fourth-order valence-corrected chi connectivity index (χ4v) is 3.97. The monoisotopic (exact) mass is 410 g/mol. The molecule has 1 heterocycles. The number of carbonyl (C=O) groups excluding carboxylic acids is 2. The third-order valence-corrected chi connectivity index (χ3v) is 6.20. The lowest BCUT2D eigenvalue weighted by atomic mass is 10.1. The third kappa shape index (κ3) is 5.90. The van der Waals surface area contributed by atoms with Gasteiger partial charge in [0.05, 0.1) is 0 Å². The van der Waals surface area contributed by atoms with Gasteiger partial charge in [-0.3, -0.25) is 9.59 Å². The van der Waals surface area contributed by atoms with Gasteiger partial charge in [-0.2, -0.15) is 0 Å². The van der Waals surface area contributed by atoms with Gasteiger partial charge in [0.1, 0.15) is 26.2 Å². The summed E-state index contributed by atoms with van der Waals surface area (Å²) in [7, 11) is 0. The van der Waals surface area contributed by atoms with E-state index in [-0.39, 0.29) is 17.9 Å². The fraction of sp³-hybridized carbons (Fsp3) is 0.417. The van der Waals surface area contributed by atoms with Crippen molar-refractivity contribution in [3.63, 3.8) is 0 Å². The van der Waals surface area contributed by atoms with E-state index in [1.807, 2.05) is 56.3 Å². The normalized spacial score (nSPS) is 19.7. The Kier molecular flexibility index (Phi) is 7.60. The van der Waals surface area contributed by atoms with Gasteiger partial charge in [-0.25, -0.2) is 0 Å². The summed E-state index contributed by atoms with van der Waals surface area (Å²) in [6, 6.07) is 15.9. The van der Waals surface area contributed by atoms with Crippen LogP contribution in [0.5, 0.6) is 0 Å². The van der Waals surface area contributed by atoms with Crippen molar-refractivity contribution in [2.24, 2.45) is 0 Å². The first-order chi connectivity index (χ1) is 14.4. The summed E-state index contributed by atoms with van der Waals surface area (Å²) in [5.74, 6) is 0.140. The van der Waals surface area contributed by atoms with Crippen molar-refractivity contribution < 1.29 is 19.4 Å². The number of amides is 2. The third-order valence-electron chi connectivity index (χ3n) is 6.20. The van der Waals surface area contributed by atoms with Gasteiger partial charge in [0.15, 0.2) is 12.6 Å². The van der Waals surface area contributed by atoms with Crippen LogP contribution in [0.1, 0.15) is 23.6 Å². The fourth-order valence-electron chi connectivity index (χ4n) is 3.97. The van der Waals surface area contributed by atoms with E-state index >= 15 is 0 Å². The molecule has 2 amide bonds. The molecule has 4 N–H and O–H groups in total. The molecule has 1 fully saturated rings. The molecule has 6 nitrogen and oxygen atoms in total. The number of rotatable bonds is 7. The van der Waals surface area contributed by atoms with Gasteiger partial charge in [0.25, 0.3) is 11.8 Å². The number of hydrogen-bond acceptors (Lipinski definition) is 2. The molecular formula is C24H34N4O2+2. The Bertz CT molecular complexity index is 861. The van der Waals surface area contributed by atoms with Crippen molar-refractivity contribution in [3.05, 3.63) is 65.2 Å². The molecule has 160 valence electrons. The zero-order chi connectivity index (χ0) is 21.5. The minimum Gasteiger partial charge on any atom is -0.347 e. The average molecular weight is 411 g/mol. The molecule has 0 spiro atoms. The number of hydrogen-bond donors (Lipinski definition) is 4. The molecule has 3 rings (SSSR count). The van der Waals surface area contributed by atoms with E-state index in [1.165, 1.54) is 15.4 Å². The van der Waals surface area contributed by atoms with Gasteiger partial charge in [0, 0.05) is 12.2 Å². The molecule has 1 atom stereocenters. The molecular weight excluding hydrogens is 376 g/mol. The highest BCUT2D eigenvalue weighted by Crippen LogP contribution is 2.17. The molecule has 1 aliphatic rings.